The summed E-state index contributed by atoms with van der Waals surface area (Å²) in [7, 11) is 0. The maximum absolute atomic E-state index is 12.5. The Balaban J connectivity index is 1.79. The third-order valence-corrected chi connectivity index (χ3v) is 5.59. The Labute approximate surface area is 166 Å². The van der Waals surface area contributed by atoms with Crippen LogP contribution in [-0.4, -0.2) is 21.2 Å². The zero-order valence-electron chi connectivity index (χ0n) is 16.5. The molecular formula is C23H29NO4. The summed E-state index contributed by atoms with van der Waals surface area (Å²) in [4.78, 5) is 16.6. The zero-order chi connectivity index (χ0) is 19.9. The van der Waals surface area contributed by atoms with Gasteiger partial charge in [0.25, 0.3) is 0 Å². The number of benzene rings is 1. The number of hydrogen-bond acceptors (Lipinski definition) is 5. The Morgan fingerprint density at radius 2 is 1.64 bits per heavy atom. The lowest BCUT2D eigenvalue weighted by Gasteiger charge is -2.20. The lowest BCUT2D eigenvalue weighted by molar-refractivity contribution is 0.0463. The number of aromatic nitrogens is 1. The van der Waals surface area contributed by atoms with Crippen LogP contribution in [0.2, 0.25) is 0 Å². The fourth-order valence-corrected chi connectivity index (χ4v) is 3.96. The summed E-state index contributed by atoms with van der Waals surface area (Å²) >= 11 is 0. The predicted octanol–water partition coefficient (Wildman–Crippen LogP) is 5.38. The molecule has 2 aromatic rings. The average Bonchev–Trinajstić information content (AvgIpc) is 2.84. The van der Waals surface area contributed by atoms with Gasteiger partial charge in [-0.1, -0.05) is 68.9 Å². The number of carbonyl (C=O) groups excluding carboxylic acids is 1. The molecule has 1 heterocycles. The minimum Gasteiger partial charge on any atom is -0.507 e. The number of pyridine rings is 1. The van der Waals surface area contributed by atoms with Crippen LogP contribution in [0.15, 0.2) is 30.3 Å². The van der Waals surface area contributed by atoms with Crippen molar-refractivity contribution in [3.05, 3.63) is 52.7 Å². The fourth-order valence-electron chi connectivity index (χ4n) is 3.96. The summed E-state index contributed by atoms with van der Waals surface area (Å²) in [6.45, 7) is 1.77. The van der Waals surface area contributed by atoms with Crippen molar-refractivity contribution in [2.45, 2.75) is 70.8 Å². The standard InChI is InChI=1S/C23H29NO4/c1-16-20(23(27)28-15-17-11-7-6-8-12-17)24-22(26)19(21(16)25)18-13-9-4-2-3-5-10-14-18/h6-8,11-12,18H,2-5,9-10,13-15H2,1H3,(H2,24,25,26). The van der Waals surface area contributed by atoms with Gasteiger partial charge in [0.1, 0.15) is 12.4 Å². The summed E-state index contributed by atoms with van der Waals surface area (Å²) in [5.41, 5.74) is 1.69. The van der Waals surface area contributed by atoms with Crippen molar-refractivity contribution in [1.82, 2.24) is 4.98 Å². The second kappa shape index (κ2) is 9.58. The second-order valence-corrected chi connectivity index (χ2v) is 7.63. The lowest BCUT2D eigenvalue weighted by Crippen LogP contribution is -2.12. The van der Waals surface area contributed by atoms with Crippen LogP contribution in [0.3, 0.4) is 0 Å². The second-order valence-electron chi connectivity index (χ2n) is 7.63. The highest BCUT2D eigenvalue weighted by atomic mass is 16.5. The Bertz CT molecular complexity index is 794. The molecule has 1 aromatic heterocycles. The Morgan fingerprint density at radius 1 is 1.04 bits per heavy atom. The Kier molecular flexibility index (Phi) is 6.90. The molecule has 1 aromatic carbocycles. The molecule has 3 rings (SSSR count). The molecule has 2 N–H and O–H groups in total. The minimum absolute atomic E-state index is 0.0246. The van der Waals surface area contributed by atoms with E-state index in [1.807, 2.05) is 30.3 Å². The first-order valence-corrected chi connectivity index (χ1v) is 10.2. The summed E-state index contributed by atoms with van der Waals surface area (Å²) in [5, 5.41) is 21.3. The highest BCUT2D eigenvalue weighted by Crippen LogP contribution is 2.41. The van der Waals surface area contributed by atoms with Crippen LogP contribution in [0.5, 0.6) is 11.6 Å². The molecule has 150 valence electrons. The molecular weight excluding hydrogens is 354 g/mol. The topological polar surface area (TPSA) is 79.7 Å². The molecule has 0 bridgehead atoms. The molecule has 5 heteroatoms. The molecule has 0 spiro atoms. The summed E-state index contributed by atoms with van der Waals surface area (Å²) in [6.07, 6.45) is 8.82. The predicted molar refractivity (Wildman–Crippen MR) is 108 cm³/mol. The molecule has 0 amide bonds. The van der Waals surface area contributed by atoms with Gasteiger partial charge in [0.2, 0.25) is 5.88 Å². The van der Waals surface area contributed by atoms with E-state index in [0.717, 1.165) is 31.2 Å². The van der Waals surface area contributed by atoms with Crippen LogP contribution in [0.25, 0.3) is 0 Å². The van der Waals surface area contributed by atoms with Crippen molar-refractivity contribution in [1.29, 1.82) is 0 Å². The van der Waals surface area contributed by atoms with Gasteiger partial charge in [0.15, 0.2) is 5.69 Å². The molecule has 1 saturated carbocycles. The number of esters is 1. The van der Waals surface area contributed by atoms with Crippen LogP contribution in [0.1, 0.15) is 84.5 Å². The van der Waals surface area contributed by atoms with Gasteiger partial charge in [-0.2, -0.15) is 0 Å². The molecule has 0 atom stereocenters. The number of carbonyl (C=O) groups is 1. The number of ether oxygens (including phenoxy) is 1. The minimum atomic E-state index is -0.645. The highest BCUT2D eigenvalue weighted by molar-refractivity contribution is 5.90. The van der Waals surface area contributed by atoms with E-state index in [2.05, 4.69) is 4.98 Å². The normalized spacial score (nSPS) is 16.0. The molecule has 5 nitrogen and oxygen atoms in total. The Morgan fingerprint density at radius 3 is 2.29 bits per heavy atom. The quantitative estimate of drug-likeness (QED) is 0.693. The smallest absolute Gasteiger partial charge is 0.357 e. The summed E-state index contributed by atoms with van der Waals surface area (Å²) < 4.78 is 5.32. The van der Waals surface area contributed by atoms with Crippen molar-refractivity contribution >= 4 is 5.97 Å². The average molecular weight is 383 g/mol. The maximum atomic E-state index is 12.5. The van der Waals surface area contributed by atoms with Crippen molar-refractivity contribution < 1.29 is 19.7 Å². The number of aromatic hydroxyl groups is 2. The molecule has 1 aliphatic rings. The van der Waals surface area contributed by atoms with Crippen molar-refractivity contribution in [3.63, 3.8) is 0 Å². The molecule has 28 heavy (non-hydrogen) atoms. The first-order valence-electron chi connectivity index (χ1n) is 10.2. The van der Waals surface area contributed by atoms with Gasteiger partial charge in [0, 0.05) is 5.56 Å². The number of rotatable bonds is 4. The zero-order valence-corrected chi connectivity index (χ0v) is 16.5. The Hall–Kier alpha value is -2.56. The van der Waals surface area contributed by atoms with Gasteiger partial charge in [-0.3, -0.25) is 0 Å². The van der Waals surface area contributed by atoms with E-state index in [9.17, 15) is 15.0 Å². The monoisotopic (exact) mass is 383 g/mol. The van der Waals surface area contributed by atoms with Gasteiger partial charge < -0.3 is 14.9 Å². The van der Waals surface area contributed by atoms with Crippen molar-refractivity contribution in [3.8, 4) is 11.6 Å². The lowest BCUT2D eigenvalue weighted by atomic mass is 9.88. The van der Waals surface area contributed by atoms with Gasteiger partial charge in [-0.15, -0.1) is 0 Å². The van der Waals surface area contributed by atoms with Gasteiger partial charge in [-0.25, -0.2) is 9.78 Å². The van der Waals surface area contributed by atoms with Crippen LogP contribution in [0, 0.1) is 6.92 Å². The summed E-state index contributed by atoms with van der Waals surface area (Å²) in [5.74, 6) is -0.853. The SMILES string of the molecule is Cc1c(C(=O)OCc2ccccc2)nc(O)c(C2CCCCCCCC2)c1O. The molecule has 0 unspecified atom stereocenters. The van der Waals surface area contributed by atoms with Crippen LogP contribution in [0.4, 0.5) is 0 Å². The van der Waals surface area contributed by atoms with Crippen LogP contribution >= 0.6 is 0 Å². The molecule has 1 aliphatic carbocycles. The number of hydrogen-bond donors (Lipinski definition) is 2. The van der Waals surface area contributed by atoms with Gasteiger partial charge in [0.05, 0.1) is 5.56 Å². The molecule has 0 aliphatic heterocycles. The fraction of sp³-hybridized carbons (Fsp3) is 0.478. The van der Waals surface area contributed by atoms with Gasteiger partial charge in [-0.05, 0) is 31.2 Å². The molecule has 0 radical (unpaired) electrons. The van der Waals surface area contributed by atoms with Gasteiger partial charge >= 0.3 is 5.97 Å². The van der Waals surface area contributed by atoms with E-state index in [1.54, 1.807) is 6.92 Å². The maximum Gasteiger partial charge on any atom is 0.357 e. The number of nitrogens with zero attached hydrogens (tertiary/aromatic N) is 1. The van der Waals surface area contributed by atoms with E-state index in [0.29, 0.717) is 11.1 Å². The largest absolute Gasteiger partial charge is 0.507 e. The first kappa shape index (κ1) is 20.2. The van der Waals surface area contributed by atoms with Crippen LogP contribution < -0.4 is 0 Å². The highest BCUT2D eigenvalue weighted by Gasteiger charge is 2.27. The third-order valence-electron chi connectivity index (χ3n) is 5.59. The van der Waals surface area contributed by atoms with Crippen molar-refractivity contribution in [2.24, 2.45) is 0 Å². The van der Waals surface area contributed by atoms with Crippen molar-refractivity contribution in [2.75, 3.05) is 0 Å². The van der Waals surface area contributed by atoms with Crippen LogP contribution in [-0.2, 0) is 11.3 Å². The van der Waals surface area contributed by atoms with E-state index < -0.39 is 5.97 Å². The molecule has 1 fully saturated rings. The molecule has 0 saturated heterocycles. The summed E-state index contributed by atoms with van der Waals surface area (Å²) in [6, 6.07) is 9.36. The van der Waals surface area contributed by atoms with E-state index in [-0.39, 0.29) is 29.8 Å². The first-order chi connectivity index (χ1) is 13.6. The van der Waals surface area contributed by atoms with E-state index in [1.165, 1.54) is 25.7 Å². The third kappa shape index (κ3) is 4.83. The van der Waals surface area contributed by atoms with E-state index in [4.69, 9.17) is 4.74 Å². The van der Waals surface area contributed by atoms with E-state index >= 15 is 0 Å².